The summed E-state index contributed by atoms with van der Waals surface area (Å²) in [6, 6.07) is 10.4. The van der Waals surface area contributed by atoms with E-state index in [-0.39, 0.29) is 21.7 Å². The van der Waals surface area contributed by atoms with E-state index < -0.39 is 29.6 Å². The normalized spacial score (nSPS) is 17.7. The van der Waals surface area contributed by atoms with Gasteiger partial charge in [-0.15, -0.1) is 11.3 Å². The number of carbonyl (C=O) groups is 3. The van der Waals surface area contributed by atoms with Crippen molar-refractivity contribution in [1.82, 2.24) is 10.2 Å². The number of benzene rings is 2. The van der Waals surface area contributed by atoms with Crippen LogP contribution in [0.3, 0.4) is 0 Å². The predicted octanol–water partition coefficient (Wildman–Crippen LogP) is 5.99. The molecule has 2 saturated heterocycles. The van der Waals surface area contributed by atoms with Gasteiger partial charge in [-0.2, -0.15) is 0 Å². The van der Waals surface area contributed by atoms with Gasteiger partial charge in [0.1, 0.15) is 10.4 Å². The molecule has 0 radical (unpaired) electrons. The van der Waals surface area contributed by atoms with Crippen LogP contribution < -0.4 is 10.6 Å². The zero-order valence-electron chi connectivity index (χ0n) is 21.6. The van der Waals surface area contributed by atoms with Gasteiger partial charge >= 0.3 is 5.97 Å². The van der Waals surface area contributed by atoms with Crippen LogP contribution in [0.15, 0.2) is 58.8 Å². The topological polar surface area (TPSA) is 98.7 Å². The van der Waals surface area contributed by atoms with Crippen molar-refractivity contribution in [3.8, 4) is 11.1 Å². The van der Waals surface area contributed by atoms with Gasteiger partial charge in [0.2, 0.25) is 5.91 Å². The van der Waals surface area contributed by atoms with Crippen molar-refractivity contribution in [3.05, 3.63) is 80.9 Å². The van der Waals surface area contributed by atoms with Gasteiger partial charge in [0.25, 0.3) is 5.91 Å². The number of nitrogens with zero attached hydrogens (tertiary/aromatic N) is 1. The highest BCUT2D eigenvalue weighted by molar-refractivity contribution is 8.26. The summed E-state index contributed by atoms with van der Waals surface area (Å²) < 4.78 is 27.3. The Hall–Kier alpha value is -3.45. The Bertz CT molecular complexity index is 1530. The molecule has 2 aliphatic rings. The first kappa shape index (κ1) is 29.1. The molecule has 1 aromatic heterocycles. The lowest BCUT2D eigenvalue weighted by Gasteiger charge is -2.31. The van der Waals surface area contributed by atoms with Crippen molar-refractivity contribution < 1.29 is 28.3 Å². The van der Waals surface area contributed by atoms with Crippen molar-refractivity contribution >= 4 is 69.2 Å². The first-order valence-electron chi connectivity index (χ1n) is 12.9. The molecule has 2 amide bonds. The number of hydrogen-bond acceptors (Lipinski definition) is 7. The van der Waals surface area contributed by atoms with Crippen LogP contribution in [-0.2, 0) is 9.59 Å². The van der Waals surface area contributed by atoms with Crippen LogP contribution in [0.25, 0.3) is 17.2 Å². The SMILES string of the molecule is O=C(O)c1ccc(NC(=O)[C@H](CC2CCNCC2)N2C(=O)/C(=C/c3cc(-c4ccc(F)c(F)c4)cs3)SC2=S)cc1. The smallest absolute Gasteiger partial charge is 0.335 e. The number of halogens is 2. The van der Waals surface area contributed by atoms with Gasteiger partial charge in [-0.25, -0.2) is 13.6 Å². The number of thioether (sulfide) groups is 1. The van der Waals surface area contributed by atoms with Gasteiger partial charge < -0.3 is 15.7 Å². The van der Waals surface area contributed by atoms with E-state index in [2.05, 4.69) is 10.6 Å². The lowest BCUT2D eigenvalue weighted by molar-refractivity contribution is -0.130. The van der Waals surface area contributed by atoms with Crippen LogP contribution in [0, 0.1) is 17.6 Å². The highest BCUT2D eigenvalue weighted by atomic mass is 32.2. The Labute approximate surface area is 248 Å². The number of nitrogens with one attached hydrogen (secondary N) is 2. The maximum absolute atomic E-state index is 13.7. The summed E-state index contributed by atoms with van der Waals surface area (Å²) >= 11 is 8.05. The number of hydrogen-bond donors (Lipinski definition) is 3. The highest BCUT2D eigenvalue weighted by Crippen LogP contribution is 2.38. The van der Waals surface area contributed by atoms with Crippen LogP contribution in [0.4, 0.5) is 14.5 Å². The summed E-state index contributed by atoms with van der Waals surface area (Å²) in [6.45, 7) is 1.65. The number of amides is 2. The number of rotatable bonds is 8. The fourth-order valence-electron chi connectivity index (χ4n) is 4.82. The first-order chi connectivity index (χ1) is 19.7. The van der Waals surface area contributed by atoms with E-state index in [0.29, 0.717) is 28.1 Å². The molecular formula is C29H25F2N3O4S3. The van der Waals surface area contributed by atoms with E-state index in [4.69, 9.17) is 17.3 Å². The number of carboxylic acid groups (broad SMARTS) is 1. The van der Waals surface area contributed by atoms with E-state index in [1.807, 2.05) is 0 Å². The number of carbonyl (C=O) groups excluding carboxylic acids is 2. The molecule has 3 N–H and O–H groups in total. The Morgan fingerprint density at radius 2 is 1.83 bits per heavy atom. The molecule has 5 rings (SSSR count). The van der Waals surface area contributed by atoms with E-state index in [0.717, 1.165) is 54.7 Å². The minimum Gasteiger partial charge on any atom is -0.478 e. The third kappa shape index (κ3) is 6.72. The van der Waals surface area contributed by atoms with Gasteiger partial charge in [0.15, 0.2) is 11.6 Å². The molecule has 7 nitrogen and oxygen atoms in total. The molecule has 0 saturated carbocycles. The quantitative estimate of drug-likeness (QED) is 0.212. The van der Waals surface area contributed by atoms with Crippen molar-refractivity contribution in [3.63, 3.8) is 0 Å². The summed E-state index contributed by atoms with van der Waals surface area (Å²) in [5, 5.41) is 17.1. The van der Waals surface area contributed by atoms with Crippen molar-refractivity contribution in [2.75, 3.05) is 18.4 Å². The van der Waals surface area contributed by atoms with E-state index in [1.165, 1.54) is 46.6 Å². The average Bonchev–Trinajstić information content (AvgIpc) is 3.53. The molecule has 0 spiro atoms. The Morgan fingerprint density at radius 1 is 1.10 bits per heavy atom. The van der Waals surface area contributed by atoms with Gasteiger partial charge in [-0.3, -0.25) is 14.5 Å². The number of thiophene rings is 1. The van der Waals surface area contributed by atoms with Crippen molar-refractivity contribution in [2.45, 2.75) is 25.3 Å². The molecule has 3 heterocycles. The molecule has 2 aromatic carbocycles. The molecule has 3 aromatic rings. The van der Waals surface area contributed by atoms with Crippen molar-refractivity contribution in [2.24, 2.45) is 5.92 Å². The van der Waals surface area contributed by atoms with Crippen LogP contribution >= 0.6 is 35.3 Å². The second kappa shape index (κ2) is 12.6. The first-order valence-corrected chi connectivity index (χ1v) is 15.0. The third-order valence-electron chi connectivity index (χ3n) is 7.00. The molecule has 0 unspecified atom stereocenters. The van der Waals surface area contributed by atoms with Gasteiger partial charge in [0.05, 0.1) is 10.5 Å². The Kier molecular flexibility index (Phi) is 8.93. The predicted molar refractivity (Wildman–Crippen MR) is 161 cm³/mol. The van der Waals surface area contributed by atoms with Gasteiger partial charge in [-0.05, 0) is 103 Å². The number of aromatic carboxylic acids is 1. The monoisotopic (exact) mass is 613 g/mol. The molecule has 1 atom stereocenters. The average molecular weight is 614 g/mol. The molecule has 12 heteroatoms. The van der Waals surface area contributed by atoms with E-state index >= 15 is 0 Å². The van der Waals surface area contributed by atoms with E-state index in [9.17, 15) is 23.2 Å². The second-order valence-electron chi connectivity index (χ2n) is 9.73. The lowest BCUT2D eigenvalue weighted by Crippen LogP contribution is -2.48. The fourth-order valence-corrected chi connectivity index (χ4v) is 7.09. The number of thiocarbonyl (C=S) groups is 1. The number of carboxylic acids is 1. The minimum atomic E-state index is -1.07. The third-order valence-corrected chi connectivity index (χ3v) is 9.21. The van der Waals surface area contributed by atoms with E-state index in [1.54, 1.807) is 17.5 Å². The summed E-state index contributed by atoms with van der Waals surface area (Å²) in [6.07, 6.45) is 3.85. The lowest BCUT2D eigenvalue weighted by atomic mass is 9.90. The second-order valence-corrected chi connectivity index (χ2v) is 12.4. The number of piperidine rings is 1. The molecule has 2 fully saturated rings. The fraction of sp³-hybridized carbons (Fsp3) is 0.241. The molecular weight excluding hydrogens is 589 g/mol. The van der Waals surface area contributed by atoms with Gasteiger partial charge in [-0.1, -0.05) is 30.0 Å². The molecule has 212 valence electrons. The minimum absolute atomic E-state index is 0.0950. The summed E-state index contributed by atoms with van der Waals surface area (Å²) in [5.74, 6) is -3.50. The standard InChI is InChI=1S/C29H25F2N3O4S3/c30-22-6-3-18(13-23(22)31)19-12-21(40-15-19)14-25-27(36)34(29(39)41-25)24(11-16-7-9-32-10-8-16)26(35)33-20-4-1-17(2-5-20)28(37)38/h1-6,12-16,24,32H,7-11H2,(H,33,35)(H,37,38)/b25-14-/t24-/m0/s1. The van der Waals surface area contributed by atoms with Crippen LogP contribution in [0.2, 0.25) is 0 Å². The number of anilines is 1. The summed E-state index contributed by atoms with van der Waals surface area (Å²) in [4.78, 5) is 40.9. The summed E-state index contributed by atoms with van der Waals surface area (Å²) in [7, 11) is 0. The van der Waals surface area contributed by atoms with Crippen LogP contribution in [0.5, 0.6) is 0 Å². The highest BCUT2D eigenvalue weighted by Gasteiger charge is 2.41. The molecule has 0 bridgehead atoms. The molecule has 41 heavy (non-hydrogen) atoms. The Morgan fingerprint density at radius 3 is 2.51 bits per heavy atom. The maximum Gasteiger partial charge on any atom is 0.335 e. The largest absolute Gasteiger partial charge is 0.478 e. The zero-order chi connectivity index (χ0) is 29.1. The molecule has 2 aliphatic heterocycles. The zero-order valence-corrected chi connectivity index (χ0v) is 24.0. The molecule has 0 aliphatic carbocycles. The maximum atomic E-state index is 13.7. The van der Waals surface area contributed by atoms with Gasteiger partial charge in [0, 0.05) is 10.6 Å². The Balaban J connectivity index is 1.37. The summed E-state index contributed by atoms with van der Waals surface area (Å²) in [5.41, 5.74) is 1.72. The van der Waals surface area contributed by atoms with Crippen LogP contribution in [0.1, 0.15) is 34.5 Å². The van der Waals surface area contributed by atoms with Crippen LogP contribution in [-0.4, -0.2) is 51.2 Å². The van der Waals surface area contributed by atoms with Crippen molar-refractivity contribution in [1.29, 1.82) is 0 Å².